The fraction of sp³-hybridized carbons (Fsp3) is 0.200. The Bertz CT molecular complexity index is 97.9. The summed E-state index contributed by atoms with van der Waals surface area (Å²) in [6.07, 6.45) is 0. The summed E-state index contributed by atoms with van der Waals surface area (Å²) in [5, 5.41) is 8.00. The predicted molar refractivity (Wildman–Crippen MR) is 64.7 cm³/mol. The molecule has 6 heteroatoms. The Morgan fingerprint density at radius 2 is 1.00 bits per heavy atom. The van der Waals surface area contributed by atoms with Crippen LogP contribution in [0.3, 0.4) is 0 Å². The van der Waals surface area contributed by atoms with Gasteiger partial charge < -0.3 is 0 Å². The minimum atomic E-state index is -4.77. The molecule has 0 amide bonds. The number of aliphatic hydroxyl groups excluding tert-OH is 1. The molecule has 0 atom stereocenters. The topological polar surface area (TPSA) is 90.2 Å². The summed E-state index contributed by atoms with van der Waals surface area (Å²) in [5.41, 5.74) is 0. The van der Waals surface area contributed by atoms with Crippen LogP contribution in [0, 0.1) is 0 Å². The fourth-order valence-electron chi connectivity index (χ4n) is 0.183. The van der Waals surface area contributed by atoms with Gasteiger partial charge in [-0.15, -0.1) is 52.6 Å². The van der Waals surface area contributed by atoms with Gasteiger partial charge in [-0.2, -0.15) is 0 Å². The molecule has 0 rings (SSSR count). The number of aliphatic hydroxyl groups is 1. The normalized spacial score (nSPS) is 7.00. The van der Waals surface area contributed by atoms with Crippen LogP contribution < -0.4 is 0 Å². The zero-order valence-corrected chi connectivity index (χ0v) is 11.3. The molecule has 16 heavy (non-hydrogen) atoms. The van der Waals surface area contributed by atoms with Gasteiger partial charge in [0.2, 0.25) is 0 Å². The molecule has 0 spiro atoms. The van der Waals surface area contributed by atoms with Crippen molar-refractivity contribution in [2.45, 2.75) is 0 Å². The summed E-state index contributed by atoms with van der Waals surface area (Å²) in [7, 11) is 0. The Labute approximate surface area is 104 Å². The second-order valence-electron chi connectivity index (χ2n) is 1.15. The summed E-state index contributed by atoms with van der Waals surface area (Å²) >= 11 is -4.77. The Hall–Kier alpha value is -0.526. The molecule has 0 aliphatic rings. The first kappa shape index (κ1) is 29.5. The standard InChI is InChI=1S/C2H5O2.4C2H4.3H2O.Ti/c3-1-2-4;4*1-2;;;;/h3H,1-2H2;4*1-2H2;3*1H2;/q-1;;;;;;;;+4/p-3. The Morgan fingerprint density at radius 3 is 1.06 bits per heavy atom. The van der Waals surface area contributed by atoms with Gasteiger partial charge in [-0.25, -0.2) is 0 Å². The molecule has 0 aliphatic heterocycles. The van der Waals surface area contributed by atoms with E-state index >= 15 is 0 Å². The van der Waals surface area contributed by atoms with Crippen LogP contribution in [0.15, 0.2) is 52.6 Å². The molecule has 0 unspecified atom stereocenters. The molecule has 0 heterocycles. The monoisotopic (exact) mass is 272 g/mol. The van der Waals surface area contributed by atoms with Gasteiger partial charge in [0.05, 0.1) is 0 Å². The molecule has 0 aromatic rings. The van der Waals surface area contributed by atoms with Gasteiger partial charge >= 0.3 is 50.8 Å². The average Bonchev–Trinajstić information content (AvgIpc) is 2.36. The van der Waals surface area contributed by atoms with Crippen molar-refractivity contribution >= 4 is 0 Å². The van der Waals surface area contributed by atoms with E-state index in [1.165, 1.54) is 0 Å². The van der Waals surface area contributed by atoms with E-state index in [4.69, 9.17) is 16.2 Å². The molecule has 0 aliphatic carbocycles. The molecular formula is C10H24O5Ti. The number of rotatable bonds is 3. The van der Waals surface area contributed by atoms with Crippen molar-refractivity contribution < 1.29 is 37.6 Å². The van der Waals surface area contributed by atoms with E-state index in [0.29, 0.717) is 0 Å². The summed E-state index contributed by atoms with van der Waals surface area (Å²) in [6, 6.07) is 0. The van der Waals surface area contributed by atoms with Gasteiger partial charge in [0.15, 0.2) is 0 Å². The third kappa shape index (κ3) is 105. The molecule has 0 saturated carbocycles. The van der Waals surface area contributed by atoms with Gasteiger partial charge in [0.25, 0.3) is 0 Å². The van der Waals surface area contributed by atoms with Crippen molar-refractivity contribution in [1.29, 1.82) is 0 Å². The zero-order valence-electron chi connectivity index (χ0n) is 9.77. The van der Waals surface area contributed by atoms with Crippen LogP contribution in [-0.2, 0) is 21.5 Å². The van der Waals surface area contributed by atoms with Gasteiger partial charge in [-0.05, 0) is 0 Å². The zero-order chi connectivity index (χ0) is 14.6. The minimum absolute atomic E-state index is 0.233. The molecule has 5 nitrogen and oxygen atoms in total. The Balaban J connectivity index is -0.0000000426. The third-order valence-corrected chi connectivity index (χ3v) is 1.31. The molecule has 0 aromatic carbocycles. The molecule has 0 fully saturated rings. The second-order valence-corrected chi connectivity index (χ2v) is 3.39. The van der Waals surface area contributed by atoms with Gasteiger partial charge in [0, 0.05) is 0 Å². The van der Waals surface area contributed by atoms with E-state index in [9.17, 15) is 0 Å². The van der Waals surface area contributed by atoms with Crippen LogP contribution in [0.5, 0.6) is 0 Å². The molecule has 0 aromatic heterocycles. The molecule has 4 N–H and O–H groups in total. The first-order valence-electron chi connectivity index (χ1n) is 3.98. The van der Waals surface area contributed by atoms with E-state index in [2.05, 4.69) is 55.9 Å². The fourth-order valence-corrected chi connectivity index (χ4v) is 0.753. The van der Waals surface area contributed by atoms with Crippen LogP contribution >= 0.6 is 0 Å². The Morgan fingerprint density at radius 1 is 0.750 bits per heavy atom. The average molecular weight is 272 g/mol. The van der Waals surface area contributed by atoms with Crippen LogP contribution in [0.2, 0.25) is 0 Å². The van der Waals surface area contributed by atoms with Crippen molar-refractivity contribution in [2.24, 2.45) is 0 Å². The van der Waals surface area contributed by atoms with Crippen molar-refractivity contribution in [3.8, 4) is 0 Å². The van der Waals surface area contributed by atoms with Crippen LogP contribution in [0.1, 0.15) is 0 Å². The van der Waals surface area contributed by atoms with E-state index in [0.717, 1.165) is 0 Å². The summed E-state index contributed by atoms with van der Waals surface area (Å²) in [4.78, 5) is 0. The quantitative estimate of drug-likeness (QED) is 0.454. The predicted octanol–water partition coefficient (Wildman–Crippen LogP) is 0.995. The van der Waals surface area contributed by atoms with Crippen molar-refractivity contribution in [3.05, 3.63) is 52.6 Å². The maximum atomic E-state index is 8.11. The SMILES string of the molecule is C=C.C=C.C=C.C=C.OCC[O][Ti]([OH])([OH])[OH]. The van der Waals surface area contributed by atoms with E-state index < -0.39 is 18.1 Å². The number of hydrogen-bond donors (Lipinski definition) is 4. The molecule has 0 bridgehead atoms. The van der Waals surface area contributed by atoms with Crippen LogP contribution in [0.4, 0.5) is 0 Å². The summed E-state index contributed by atoms with van der Waals surface area (Å²) in [5.74, 6) is 0. The second kappa shape index (κ2) is 36.6. The van der Waals surface area contributed by atoms with Crippen LogP contribution in [-0.4, -0.2) is 29.4 Å². The van der Waals surface area contributed by atoms with Gasteiger partial charge in [-0.3, -0.25) is 0 Å². The van der Waals surface area contributed by atoms with E-state index in [1.54, 1.807) is 0 Å². The molecular weight excluding hydrogens is 248 g/mol. The summed E-state index contributed by atoms with van der Waals surface area (Å²) in [6.45, 7) is 23.4. The van der Waals surface area contributed by atoms with Crippen molar-refractivity contribution in [3.63, 3.8) is 0 Å². The van der Waals surface area contributed by atoms with Crippen molar-refractivity contribution in [2.75, 3.05) is 13.2 Å². The maximum absolute atomic E-state index is 8.11. The molecule has 98 valence electrons. The Kier molecular flexibility index (Phi) is 67.6. The first-order valence-corrected chi connectivity index (χ1v) is 6.71. The van der Waals surface area contributed by atoms with Crippen molar-refractivity contribution in [1.82, 2.24) is 0 Å². The third-order valence-electron chi connectivity index (χ3n) is 0.387. The van der Waals surface area contributed by atoms with E-state index in [1.807, 2.05) is 0 Å². The summed E-state index contributed by atoms with van der Waals surface area (Å²) < 4.78 is 28.3. The molecule has 0 saturated heterocycles. The molecule has 0 radical (unpaired) electrons. The van der Waals surface area contributed by atoms with Crippen LogP contribution in [0.25, 0.3) is 0 Å². The van der Waals surface area contributed by atoms with Gasteiger partial charge in [-0.1, -0.05) is 0 Å². The van der Waals surface area contributed by atoms with Gasteiger partial charge in [0.1, 0.15) is 0 Å². The number of hydrogen-bond acceptors (Lipinski definition) is 5. The first-order chi connectivity index (χ1) is 7.56. The van der Waals surface area contributed by atoms with E-state index in [-0.39, 0.29) is 13.2 Å².